The molecule has 0 aliphatic carbocycles. The van der Waals surface area contributed by atoms with E-state index in [1.807, 2.05) is 6.92 Å². The van der Waals surface area contributed by atoms with E-state index in [-0.39, 0.29) is 0 Å². The van der Waals surface area contributed by atoms with Gasteiger partial charge in [0.05, 0.1) is 6.10 Å². The van der Waals surface area contributed by atoms with Crippen LogP contribution in [0.5, 0.6) is 0 Å². The van der Waals surface area contributed by atoms with Crippen molar-refractivity contribution >= 4 is 17.8 Å². The Kier molecular flexibility index (Phi) is 7.70. The maximum Gasteiger partial charge on any atom is 0.344 e. The van der Waals surface area contributed by atoms with Gasteiger partial charge in [-0.3, -0.25) is 4.79 Å². The molecule has 0 aromatic heterocycles. The molecule has 3 unspecified atom stereocenters. The van der Waals surface area contributed by atoms with E-state index >= 15 is 0 Å². The van der Waals surface area contributed by atoms with Crippen LogP contribution in [-0.2, 0) is 19.1 Å². The normalized spacial score (nSPS) is 16.8. The van der Waals surface area contributed by atoms with E-state index in [0.29, 0.717) is 12.8 Å². The summed E-state index contributed by atoms with van der Waals surface area (Å²) in [5.41, 5.74) is -2.07. The van der Waals surface area contributed by atoms with Gasteiger partial charge in [-0.25, -0.2) is 9.59 Å². The Bertz CT molecular complexity index is 418. The number of rotatable bonds is 8. The SMILES string of the molecule is CC=CCC(C)C(NC(C)=O)(C(=O)O)C(=O)OC(C)CC. The zero-order chi connectivity index (χ0) is 16.6. The van der Waals surface area contributed by atoms with Gasteiger partial charge < -0.3 is 15.2 Å². The highest BCUT2D eigenvalue weighted by Crippen LogP contribution is 2.25. The molecule has 0 fully saturated rings. The number of ether oxygens (including phenoxy) is 1. The number of carboxylic acids is 1. The average Bonchev–Trinajstić information content (AvgIpc) is 2.40. The second-order valence-corrected chi connectivity index (χ2v) is 5.12. The van der Waals surface area contributed by atoms with Gasteiger partial charge in [-0.05, 0) is 26.7 Å². The first kappa shape index (κ1) is 19.1. The van der Waals surface area contributed by atoms with E-state index in [4.69, 9.17) is 4.74 Å². The Hall–Kier alpha value is -1.85. The van der Waals surface area contributed by atoms with Gasteiger partial charge in [-0.1, -0.05) is 26.0 Å². The van der Waals surface area contributed by atoms with E-state index in [1.54, 1.807) is 32.9 Å². The summed E-state index contributed by atoms with van der Waals surface area (Å²) in [4.78, 5) is 35.5. The van der Waals surface area contributed by atoms with Crippen molar-refractivity contribution < 1.29 is 24.2 Å². The van der Waals surface area contributed by atoms with Crippen molar-refractivity contribution in [2.45, 2.75) is 59.1 Å². The molecule has 6 nitrogen and oxygen atoms in total. The van der Waals surface area contributed by atoms with Crippen molar-refractivity contribution in [2.75, 3.05) is 0 Å². The van der Waals surface area contributed by atoms with Crippen molar-refractivity contribution in [3.8, 4) is 0 Å². The van der Waals surface area contributed by atoms with E-state index in [9.17, 15) is 19.5 Å². The molecule has 0 bridgehead atoms. The highest BCUT2D eigenvalue weighted by atomic mass is 16.5. The molecule has 0 aromatic carbocycles. The topological polar surface area (TPSA) is 92.7 Å². The van der Waals surface area contributed by atoms with Gasteiger partial charge in [0.15, 0.2) is 0 Å². The monoisotopic (exact) mass is 299 g/mol. The third-order valence-electron chi connectivity index (χ3n) is 3.38. The summed E-state index contributed by atoms with van der Waals surface area (Å²) in [6.07, 6.45) is 3.99. The van der Waals surface area contributed by atoms with Crippen LogP contribution in [0.1, 0.15) is 47.5 Å². The fourth-order valence-electron chi connectivity index (χ4n) is 1.88. The second kappa shape index (κ2) is 8.44. The molecule has 0 aliphatic rings. The summed E-state index contributed by atoms with van der Waals surface area (Å²) in [6, 6.07) is 0. The number of nitrogens with one attached hydrogen (secondary N) is 1. The molecule has 0 aromatic rings. The van der Waals surface area contributed by atoms with Crippen LogP contribution in [0.25, 0.3) is 0 Å². The zero-order valence-corrected chi connectivity index (χ0v) is 13.3. The number of hydrogen-bond acceptors (Lipinski definition) is 4. The van der Waals surface area contributed by atoms with E-state index in [2.05, 4.69) is 5.32 Å². The predicted molar refractivity (Wildman–Crippen MR) is 78.6 cm³/mol. The quantitative estimate of drug-likeness (QED) is 0.405. The molecule has 0 heterocycles. The first-order valence-corrected chi connectivity index (χ1v) is 7.06. The summed E-state index contributed by atoms with van der Waals surface area (Å²) in [6.45, 7) is 8.07. The van der Waals surface area contributed by atoms with Crippen LogP contribution < -0.4 is 5.32 Å². The Morgan fingerprint density at radius 2 is 1.90 bits per heavy atom. The highest BCUT2D eigenvalue weighted by molar-refractivity contribution is 6.07. The van der Waals surface area contributed by atoms with Crippen LogP contribution in [0.4, 0.5) is 0 Å². The number of carbonyl (C=O) groups is 3. The van der Waals surface area contributed by atoms with Crippen LogP contribution in [0, 0.1) is 5.92 Å². The fourth-order valence-corrected chi connectivity index (χ4v) is 1.88. The van der Waals surface area contributed by atoms with Crippen molar-refractivity contribution in [3.05, 3.63) is 12.2 Å². The third kappa shape index (κ3) is 4.88. The van der Waals surface area contributed by atoms with Crippen LogP contribution in [-0.4, -0.2) is 34.6 Å². The van der Waals surface area contributed by atoms with Gasteiger partial charge in [0.2, 0.25) is 11.4 Å². The second-order valence-electron chi connectivity index (χ2n) is 5.12. The molecule has 1 amide bonds. The first-order chi connectivity index (χ1) is 9.72. The minimum Gasteiger partial charge on any atom is -0.479 e. The molecular formula is C15H25NO5. The Morgan fingerprint density at radius 1 is 1.33 bits per heavy atom. The number of amides is 1. The van der Waals surface area contributed by atoms with Gasteiger partial charge in [-0.2, -0.15) is 0 Å². The molecule has 21 heavy (non-hydrogen) atoms. The molecule has 3 atom stereocenters. The number of hydrogen-bond donors (Lipinski definition) is 2. The fraction of sp³-hybridized carbons (Fsp3) is 0.667. The lowest BCUT2D eigenvalue weighted by molar-refractivity contribution is -0.171. The molecule has 0 spiro atoms. The van der Waals surface area contributed by atoms with Crippen molar-refractivity contribution in [1.82, 2.24) is 5.32 Å². The van der Waals surface area contributed by atoms with Gasteiger partial charge >= 0.3 is 11.9 Å². The van der Waals surface area contributed by atoms with Gasteiger partial charge in [0.25, 0.3) is 0 Å². The lowest BCUT2D eigenvalue weighted by Gasteiger charge is -2.33. The number of aliphatic carboxylic acids is 1. The van der Waals surface area contributed by atoms with Crippen LogP contribution in [0.15, 0.2) is 12.2 Å². The Labute approximate surface area is 125 Å². The predicted octanol–water partition coefficient (Wildman–Crippen LogP) is 1.89. The standard InChI is InChI=1S/C15H25NO5/c1-6-8-9-10(3)15(13(18)19,16-12(5)17)14(20)21-11(4)7-2/h6,8,10-11H,7,9H2,1-5H3,(H,16,17)(H,18,19). The summed E-state index contributed by atoms with van der Waals surface area (Å²) < 4.78 is 5.17. The van der Waals surface area contributed by atoms with Gasteiger partial charge in [-0.15, -0.1) is 0 Å². The van der Waals surface area contributed by atoms with E-state index in [0.717, 1.165) is 0 Å². The van der Waals surface area contributed by atoms with Gasteiger partial charge in [0, 0.05) is 12.8 Å². The van der Waals surface area contributed by atoms with Crippen molar-refractivity contribution in [2.24, 2.45) is 5.92 Å². The lowest BCUT2D eigenvalue weighted by atomic mass is 9.82. The summed E-state index contributed by atoms with van der Waals surface area (Å²) in [5, 5.41) is 11.8. The third-order valence-corrected chi connectivity index (χ3v) is 3.38. The molecule has 0 saturated heterocycles. The molecule has 120 valence electrons. The highest BCUT2D eigenvalue weighted by Gasteiger charge is 2.53. The van der Waals surface area contributed by atoms with Crippen molar-refractivity contribution in [1.29, 1.82) is 0 Å². The van der Waals surface area contributed by atoms with Crippen molar-refractivity contribution in [3.63, 3.8) is 0 Å². The van der Waals surface area contributed by atoms with Crippen LogP contribution in [0.2, 0.25) is 0 Å². The molecule has 6 heteroatoms. The molecule has 0 rings (SSSR count). The maximum absolute atomic E-state index is 12.4. The Morgan fingerprint density at radius 3 is 2.29 bits per heavy atom. The number of allylic oxidation sites excluding steroid dienone is 2. The summed E-state index contributed by atoms with van der Waals surface area (Å²) in [5.74, 6) is -3.59. The minimum atomic E-state index is -2.07. The lowest BCUT2D eigenvalue weighted by Crippen LogP contribution is -2.64. The Balaban J connectivity index is 5.62. The smallest absolute Gasteiger partial charge is 0.344 e. The number of carboxylic acid groups (broad SMARTS) is 1. The van der Waals surface area contributed by atoms with E-state index in [1.165, 1.54) is 6.92 Å². The number of carbonyl (C=O) groups excluding carboxylic acids is 2. The maximum atomic E-state index is 12.4. The molecule has 0 aliphatic heterocycles. The van der Waals surface area contributed by atoms with Gasteiger partial charge in [0.1, 0.15) is 0 Å². The van der Waals surface area contributed by atoms with E-state index < -0.39 is 35.4 Å². The minimum absolute atomic E-state index is 0.332. The molecule has 2 N–H and O–H groups in total. The number of esters is 1. The largest absolute Gasteiger partial charge is 0.479 e. The molecule has 0 saturated carbocycles. The molecule has 0 radical (unpaired) electrons. The summed E-state index contributed by atoms with van der Waals surface area (Å²) in [7, 11) is 0. The zero-order valence-electron chi connectivity index (χ0n) is 13.3. The average molecular weight is 299 g/mol. The van der Waals surface area contributed by atoms with Crippen LogP contribution >= 0.6 is 0 Å². The molecular weight excluding hydrogens is 274 g/mol. The summed E-state index contributed by atoms with van der Waals surface area (Å²) >= 11 is 0. The first-order valence-electron chi connectivity index (χ1n) is 7.06. The van der Waals surface area contributed by atoms with Crippen LogP contribution in [0.3, 0.4) is 0 Å².